The first-order valence-electron chi connectivity index (χ1n) is 11.5. The molecule has 35 heavy (non-hydrogen) atoms. The van der Waals surface area contributed by atoms with Crippen molar-refractivity contribution >= 4 is 12.9 Å². The normalized spacial score (nSPS) is 17.2. The molecule has 0 bridgehead atoms. The number of hydrogen-bond acceptors (Lipinski definition) is 8. The molecule has 11 heteroatoms. The first-order chi connectivity index (χ1) is 17.1. The molecule has 2 aromatic rings. The lowest BCUT2D eigenvalue weighted by Crippen LogP contribution is -2.38. The SMILES string of the molecule is O=CO.O=CO.OCC1(Cn2ccnc2-c2ccc(OCCN3CCOCC3)cc2)CCOCC1. The van der Waals surface area contributed by atoms with Crippen LogP contribution in [0.5, 0.6) is 5.75 Å². The van der Waals surface area contributed by atoms with Crippen molar-refractivity contribution in [3.05, 3.63) is 36.7 Å². The molecule has 2 aliphatic rings. The van der Waals surface area contributed by atoms with E-state index in [2.05, 4.69) is 26.6 Å². The van der Waals surface area contributed by atoms with E-state index in [1.807, 2.05) is 24.5 Å². The summed E-state index contributed by atoms with van der Waals surface area (Å²) in [5.41, 5.74) is 0.923. The first kappa shape index (κ1) is 28.2. The number of hydrogen-bond donors (Lipinski definition) is 3. The lowest BCUT2D eigenvalue weighted by Gasteiger charge is -2.36. The molecule has 4 rings (SSSR count). The van der Waals surface area contributed by atoms with E-state index in [0.29, 0.717) is 19.8 Å². The highest BCUT2D eigenvalue weighted by molar-refractivity contribution is 5.56. The molecule has 0 unspecified atom stereocenters. The van der Waals surface area contributed by atoms with E-state index in [4.69, 9.17) is 34.0 Å². The molecule has 0 aliphatic carbocycles. The molecular formula is C24H35N3O8. The van der Waals surface area contributed by atoms with Crippen molar-refractivity contribution in [2.45, 2.75) is 19.4 Å². The first-order valence-corrected chi connectivity index (χ1v) is 11.5. The molecule has 0 saturated carbocycles. The highest BCUT2D eigenvalue weighted by atomic mass is 16.5. The van der Waals surface area contributed by atoms with Crippen LogP contribution < -0.4 is 4.74 Å². The zero-order valence-corrected chi connectivity index (χ0v) is 19.8. The monoisotopic (exact) mass is 493 g/mol. The van der Waals surface area contributed by atoms with Gasteiger partial charge in [-0.15, -0.1) is 0 Å². The van der Waals surface area contributed by atoms with Gasteiger partial charge in [-0.3, -0.25) is 14.5 Å². The molecule has 0 amide bonds. The molecule has 1 aromatic carbocycles. The minimum Gasteiger partial charge on any atom is -0.492 e. The fourth-order valence-electron chi connectivity index (χ4n) is 4.05. The molecule has 3 N–H and O–H groups in total. The Morgan fingerprint density at radius 3 is 2.20 bits per heavy atom. The summed E-state index contributed by atoms with van der Waals surface area (Å²) < 4.78 is 18.9. The number of carbonyl (C=O) groups is 2. The van der Waals surface area contributed by atoms with Gasteiger partial charge in [-0.25, -0.2) is 4.98 Å². The Morgan fingerprint density at radius 2 is 1.60 bits per heavy atom. The molecule has 194 valence electrons. The summed E-state index contributed by atoms with van der Waals surface area (Å²) in [4.78, 5) is 23.6. The predicted octanol–water partition coefficient (Wildman–Crippen LogP) is 1.45. The summed E-state index contributed by atoms with van der Waals surface area (Å²) in [6, 6.07) is 8.12. The Kier molecular flexibility index (Phi) is 12.8. The number of aliphatic hydroxyl groups excluding tert-OH is 1. The number of aromatic nitrogens is 2. The van der Waals surface area contributed by atoms with Crippen LogP contribution in [0.4, 0.5) is 0 Å². The van der Waals surface area contributed by atoms with Crippen molar-refractivity contribution in [2.24, 2.45) is 5.41 Å². The number of benzene rings is 1. The lowest BCUT2D eigenvalue weighted by atomic mass is 9.81. The van der Waals surface area contributed by atoms with Crippen LogP contribution in [0.2, 0.25) is 0 Å². The van der Waals surface area contributed by atoms with E-state index in [-0.39, 0.29) is 25.0 Å². The van der Waals surface area contributed by atoms with Gasteiger partial charge in [0, 0.05) is 62.8 Å². The van der Waals surface area contributed by atoms with E-state index in [1.165, 1.54) is 0 Å². The smallest absolute Gasteiger partial charge is 0.290 e. The molecule has 2 aliphatic heterocycles. The van der Waals surface area contributed by atoms with Crippen molar-refractivity contribution in [2.75, 3.05) is 59.3 Å². The minimum atomic E-state index is -0.250. The van der Waals surface area contributed by atoms with Crippen molar-refractivity contribution in [1.82, 2.24) is 14.5 Å². The topological polar surface area (TPSA) is 144 Å². The zero-order chi connectivity index (χ0) is 25.4. The van der Waals surface area contributed by atoms with Crippen LogP contribution in [0.15, 0.2) is 36.7 Å². The summed E-state index contributed by atoms with van der Waals surface area (Å²) in [6.07, 6.45) is 5.56. The highest BCUT2D eigenvalue weighted by Crippen LogP contribution is 2.33. The third-order valence-electron chi connectivity index (χ3n) is 6.00. The third-order valence-corrected chi connectivity index (χ3v) is 6.00. The van der Waals surface area contributed by atoms with Gasteiger partial charge in [0.15, 0.2) is 0 Å². The third kappa shape index (κ3) is 9.29. The second-order valence-corrected chi connectivity index (χ2v) is 8.19. The Hall–Kier alpha value is -2.99. The molecule has 2 fully saturated rings. The van der Waals surface area contributed by atoms with Gasteiger partial charge >= 0.3 is 0 Å². The van der Waals surface area contributed by atoms with Crippen LogP contribution in [-0.2, 0) is 25.6 Å². The van der Waals surface area contributed by atoms with E-state index in [1.54, 1.807) is 0 Å². The average Bonchev–Trinajstić information content (AvgIpc) is 3.34. The van der Waals surface area contributed by atoms with Gasteiger partial charge in [-0.2, -0.15) is 0 Å². The zero-order valence-electron chi connectivity index (χ0n) is 19.8. The van der Waals surface area contributed by atoms with Gasteiger partial charge in [0.05, 0.1) is 19.8 Å². The van der Waals surface area contributed by atoms with Gasteiger partial charge in [-0.1, -0.05) is 0 Å². The van der Waals surface area contributed by atoms with Gasteiger partial charge in [0.1, 0.15) is 18.2 Å². The Balaban J connectivity index is 0.000000655. The van der Waals surface area contributed by atoms with Gasteiger partial charge < -0.3 is 34.1 Å². The fraction of sp³-hybridized carbons (Fsp3) is 0.542. The highest BCUT2D eigenvalue weighted by Gasteiger charge is 2.33. The summed E-state index contributed by atoms with van der Waals surface area (Å²) >= 11 is 0. The average molecular weight is 494 g/mol. The molecule has 0 atom stereocenters. The van der Waals surface area contributed by atoms with Gasteiger partial charge in [-0.05, 0) is 37.1 Å². The fourth-order valence-corrected chi connectivity index (χ4v) is 4.05. The van der Waals surface area contributed by atoms with Gasteiger partial charge in [0.25, 0.3) is 12.9 Å². The number of rotatable bonds is 8. The van der Waals surface area contributed by atoms with Crippen LogP contribution in [0.25, 0.3) is 11.4 Å². The van der Waals surface area contributed by atoms with Crippen molar-refractivity contribution in [3.63, 3.8) is 0 Å². The number of nitrogens with zero attached hydrogens (tertiary/aromatic N) is 3. The number of aliphatic hydroxyl groups is 1. The Bertz CT molecular complexity index is 841. The minimum absolute atomic E-state index is 0.129. The van der Waals surface area contributed by atoms with Crippen molar-refractivity contribution in [1.29, 1.82) is 0 Å². The van der Waals surface area contributed by atoms with E-state index >= 15 is 0 Å². The molecule has 3 heterocycles. The predicted molar refractivity (Wildman–Crippen MR) is 127 cm³/mol. The van der Waals surface area contributed by atoms with Crippen LogP contribution in [0.1, 0.15) is 12.8 Å². The molecule has 1 aromatic heterocycles. The molecule has 0 spiro atoms. The number of imidazole rings is 1. The molecule has 0 radical (unpaired) electrons. The second kappa shape index (κ2) is 15.8. The summed E-state index contributed by atoms with van der Waals surface area (Å²) in [7, 11) is 0. The number of morpholine rings is 1. The largest absolute Gasteiger partial charge is 0.492 e. The van der Waals surface area contributed by atoms with E-state index in [9.17, 15) is 5.11 Å². The standard InChI is InChI=1S/C22H31N3O4.2CH2O2/c26-18-22(5-12-27-13-6-22)17-25-8-7-23-21(25)19-1-3-20(4-2-19)29-16-11-24-9-14-28-15-10-24;2*2-1-3/h1-4,7-8,26H,5-6,9-18H2;2*1H,(H,2,3). The summed E-state index contributed by atoms with van der Waals surface area (Å²) in [6.45, 7) is 7.01. The maximum atomic E-state index is 10.00. The van der Waals surface area contributed by atoms with Crippen LogP contribution >= 0.6 is 0 Å². The van der Waals surface area contributed by atoms with Crippen LogP contribution in [0, 0.1) is 5.41 Å². The van der Waals surface area contributed by atoms with Crippen molar-refractivity contribution < 1.29 is 39.1 Å². The van der Waals surface area contributed by atoms with E-state index < -0.39 is 0 Å². The molecule has 11 nitrogen and oxygen atoms in total. The maximum Gasteiger partial charge on any atom is 0.290 e. The Morgan fingerprint density at radius 1 is 1.00 bits per heavy atom. The lowest BCUT2D eigenvalue weighted by molar-refractivity contribution is -0.123. The molecular weight excluding hydrogens is 458 g/mol. The van der Waals surface area contributed by atoms with Crippen LogP contribution in [-0.4, -0.2) is 102 Å². The van der Waals surface area contributed by atoms with Gasteiger partial charge in [0.2, 0.25) is 0 Å². The summed E-state index contributed by atoms with van der Waals surface area (Å²) in [5.74, 6) is 1.79. The summed E-state index contributed by atoms with van der Waals surface area (Å²) in [5, 5.41) is 23.8. The second-order valence-electron chi connectivity index (χ2n) is 8.19. The number of carboxylic acid groups (broad SMARTS) is 2. The molecule has 2 saturated heterocycles. The van der Waals surface area contributed by atoms with Crippen molar-refractivity contribution in [3.8, 4) is 17.1 Å². The quantitative estimate of drug-likeness (QED) is 0.462. The van der Waals surface area contributed by atoms with Crippen LogP contribution in [0.3, 0.4) is 0 Å². The maximum absolute atomic E-state index is 10.00. The Labute approximate surface area is 204 Å². The number of ether oxygens (including phenoxy) is 3. The van der Waals surface area contributed by atoms with E-state index in [0.717, 1.165) is 69.4 Å².